The summed E-state index contributed by atoms with van der Waals surface area (Å²) in [6.07, 6.45) is 3.82. The van der Waals surface area contributed by atoms with Gasteiger partial charge in [-0.3, -0.25) is 5.84 Å². The zero-order chi connectivity index (χ0) is 17.4. The number of aromatic nitrogens is 1. The van der Waals surface area contributed by atoms with E-state index >= 15 is 0 Å². The summed E-state index contributed by atoms with van der Waals surface area (Å²) in [7, 11) is 0. The third kappa shape index (κ3) is 3.58. The molecule has 1 aromatic heterocycles. The van der Waals surface area contributed by atoms with E-state index in [1.165, 1.54) is 47.0 Å². The minimum absolute atomic E-state index is 0. The van der Waals surface area contributed by atoms with Gasteiger partial charge in [0.15, 0.2) is 0 Å². The average molecular weight is 371 g/mol. The smallest absolute Gasteiger partial charge is 0.0485 e. The van der Waals surface area contributed by atoms with E-state index in [9.17, 15) is 0 Å². The van der Waals surface area contributed by atoms with Gasteiger partial charge in [0.05, 0.1) is 0 Å². The predicted molar refractivity (Wildman–Crippen MR) is 112 cm³/mol. The van der Waals surface area contributed by atoms with Gasteiger partial charge in [0.25, 0.3) is 0 Å². The van der Waals surface area contributed by atoms with Gasteiger partial charge in [-0.25, -0.2) is 0 Å². The first-order chi connectivity index (χ1) is 12.1. The minimum atomic E-state index is 0. The molecule has 1 fully saturated rings. The normalized spacial score (nSPS) is 20.0. The van der Waals surface area contributed by atoms with Gasteiger partial charge in [0.2, 0.25) is 0 Å². The number of aryl methyl sites for hydroxylation is 2. The van der Waals surface area contributed by atoms with Crippen molar-refractivity contribution < 1.29 is 0 Å². The number of rotatable bonds is 1. The van der Waals surface area contributed by atoms with Crippen LogP contribution in [0.25, 0.3) is 10.9 Å². The Morgan fingerprint density at radius 1 is 1.00 bits per heavy atom. The summed E-state index contributed by atoms with van der Waals surface area (Å²) < 4.78 is 0. The molecule has 5 rings (SSSR count). The van der Waals surface area contributed by atoms with Crippen molar-refractivity contribution >= 4 is 29.0 Å². The van der Waals surface area contributed by atoms with Gasteiger partial charge in [0, 0.05) is 40.8 Å². The molecular weight excluding hydrogens is 344 g/mol. The molecular formula is C21H27ClN4. The number of aromatic amines is 1. The predicted octanol–water partition coefficient (Wildman–Crippen LogP) is 4.53. The fraction of sp³-hybridized carbons (Fsp3) is 0.333. The Balaban J connectivity index is 0.000000170. The molecule has 2 aliphatic heterocycles. The highest BCUT2D eigenvalue weighted by atomic mass is 35.5. The second-order valence-corrected chi connectivity index (χ2v) is 7.27. The molecule has 2 atom stereocenters. The number of benzene rings is 2. The Morgan fingerprint density at radius 2 is 1.73 bits per heavy atom. The quantitative estimate of drug-likeness (QED) is 0.376. The largest absolute Gasteiger partial charge is 0.358 e. The number of hydrogen-bond acceptors (Lipinski definition) is 3. The molecule has 0 spiro atoms. The number of anilines is 1. The van der Waals surface area contributed by atoms with Crippen LogP contribution < -0.4 is 16.6 Å². The van der Waals surface area contributed by atoms with Crippen LogP contribution in [0.2, 0.25) is 0 Å². The lowest BCUT2D eigenvalue weighted by atomic mass is 9.98. The lowest BCUT2D eigenvalue weighted by Crippen LogP contribution is -2.31. The second kappa shape index (κ2) is 7.70. The topological polar surface area (TPSA) is 65.9 Å². The molecule has 1 saturated heterocycles. The number of nitrogen functional groups attached to an aromatic ring is 1. The first-order valence-electron chi connectivity index (χ1n) is 9.04. The molecule has 4 nitrogen and oxygen atoms in total. The molecule has 0 aliphatic carbocycles. The first kappa shape index (κ1) is 18.8. The van der Waals surface area contributed by atoms with Gasteiger partial charge in [-0.05, 0) is 56.5 Å². The standard InChI is InChI=1S/C14H16N2.C7H10N2.ClH/c1-8-2-4-11-10(6-8)14-12-5-3-9(15-12)7-13(14)16-11;1-6-2-4-7(9-8)5-3-6;/h2,4,6,9,12,15-16H,3,5,7H2,1H3;2-5,9H,8H2,1H3;1H. The van der Waals surface area contributed by atoms with Gasteiger partial charge in [0.1, 0.15) is 0 Å². The summed E-state index contributed by atoms with van der Waals surface area (Å²) in [6.45, 7) is 4.22. The fourth-order valence-corrected chi connectivity index (χ4v) is 4.05. The highest BCUT2D eigenvalue weighted by molar-refractivity contribution is 5.86. The van der Waals surface area contributed by atoms with E-state index in [0.29, 0.717) is 12.1 Å². The van der Waals surface area contributed by atoms with Crippen molar-refractivity contribution in [2.75, 3.05) is 5.43 Å². The number of nitrogens with one attached hydrogen (secondary N) is 3. The van der Waals surface area contributed by atoms with Crippen molar-refractivity contribution in [3.8, 4) is 0 Å². The van der Waals surface area contributed by atoms with Gasteiger partial charge in [-0.2, -0.15) is 0 Å². The molecule has 2 aliphatic rings. The van der Waals surface area contributed by atoms with Gasteiger partial charge in [-0.15, -0.1) is 12.4 Å². The number of nitrogens with two attached hydrogens (primary N) is 1. The highest BCUT2D eigenvalue weighted by Crippen LogP contribution is 2.40. The van der Waals surface area contributed by atoms with Crippen molar-refractivity contribution in [2.45, 2.75) is 45.2 Å². The van der Waals surface area contributed by atoms with Crippen LogP contribution in [0.1, 0.15) is 41.3 Å². The Morgan fingerprint density at radius 3 is 2.46 bits per heavy atom. The maximum absolute atomic E-state index is 5.15. The molecule has 5 N–H and O–H groups in total. The molecule has 3 aromatic rings. The summed E-state index contributed by atoms with van der Waals surface area (Å²) >= 11 is 0. The van der Waals surface area contributed by atoms with Crippen LogP contribution in [-0.4, -0.2) is 11.0 Å². The summed E-state index contributed by atoms with van der Waals surface area (Å²) in [6, 6.07) is 15.9. The minimum Gasteiger partial charge on any atom is -0.358 e. The lowest BCUT2D eigenvalue weighted by molar-refractivity contribution is 0.513. The lowest BCUT2D eigenvalue weighted by Gasteiger charge is -2.21. The van der Waals surface area contributed by atoms with E-state index in [1.807, 2.05) is 31.2 Å². The first-order valence-corrected chi connectivity index (χ1v) is 9.04. The molecule has 26 heavy (non-hydrogen) atoms. The average Bonchev–Trinajstić information content (AvgIpc) is 3.17. The maximum atomic E-state index is 5.15. The Bertz CT molecular complexity index is 885. The monoisotopic (exact) mass is 370 g/mol. The van der Waals surface area contributed by atoms with Crippen LogP contribution in [-0.2, 0) is 6.42 Å². The number of fused-ring (bicyclic) bond motifs is 6. The van der Waals surface area contributed by atoms with Crippen molar-refractivity contribution in [1.82, 2.24) is 10.3 Å². The third-order valence-corrected chi connectivity index (χ3v) is 5.33. The molecule has 5 heteroatoms. The van der Waals surface area contributed by atoms with Crippen molar-refractivity contribution in [1.29, 1.82) is 0 Å². The number of H-pyrrole nitrogens is 1. The highest BCUT2D eigenvalue weighted by Gasteiger charge is 2.34. The molecule has 3 heterocycles. The summed E-state index contributed by atoms with van der Waals surface area (Å²) in [5, 5.41) is 5.16. The maximum Gasteiger partial charge on any atom is 0.0485 e. The molecule has 2 unspecified atom stereocenters. The second-order valence-electron chi connectivity index (χ2n) is 7.27. The fourth-order valence-electron chi connectivity index (χ4n) is 4.05. The van der Waals surface area contributed by atoms with Crippen LogP contribution in [0.4, 0.5) is 5.69 Å². The van der Waals surface area contributed by atoms with Crippen LogP contribution in [0.3, 0.4) is 0 Å². The zero-order valence-electron chi connectivity index (χ0n) is 15.3. The Kier molecular flexibility index (Phi) is 5.56. The molecule has 2 aromatic carbocycles. The van der Waals surface area contributed by atoms with Crippen LogP contribution >= 0.6 is 12.4 Å². The summed E-state index contributed by atoms with van der Waals surface area (Å²) in [4.78, 5) is 3.60. The van der Waals surface area contributed by atoms with E-state index in [-0.39, 0.29) is 12.4 Å². The van der Waals surface area contributed by atoms with E-state index in [0.717, 1.165) is 5.69 Å². The van der Waals surface area contributed by atoms with Crippen LogP contribution in [0, 0.1) is 13.8 Å². The van der Waals surface area contributed by atoms with Gasteiger partial charge < -0.3 is 15.7 Å². The molecule has 0 saturated carbocycles. The number of halogens is 1. The van der Waals surface area contributed by atoms with Crippen LogP contribution in [0.15, 0.2) is 42.5 Å². The van der Waals surface area contributed by atoms with Crippen molar-refractivity contribution in [3.05, 3.63) is 64.8 Å². The zero-order valence-corrected chi connectivity index (χ0v) is 16.1. The Labute approximate surface area is 160 Å². The summed E-state index contributed by atoms with van der Waals surface area (Å²) in [5.41, 5.74) is 10.4. The van der Waals surface area contributed by atoms with Gasteiger partial charge in [-0.1, -0.05) is 29.3 Å². The van der Waals surface area contributed by atoms with E-state index in [4.69, 9.17) is 5.84 Å². The third-order valence-electron chi connectivity index (χ3n) is 5.33. The van der Waals surface area contributed by atoms with Crippen LogP contribution in [0.5, 0.6) is 0 Å². The molecule has 0 radical (unpaired) electrons. The molecule has 2 bridgehead atoms. The van der Waals surface area contributed by atoms with E-state index < -0.39 is 0 Å². The SMILES string of the molecule is Cc1ccc(NN)cc1.Cc1ccc2[nH]c3c(c2c1)C1CCC(C3)N1.Cl. The number of hydrogen-bond donors (Lipinski definition) is 4. The summed E-state index contributed by atoms with van der Waals surface area (Å²) in [5.74, 6) is 5.15. The Hall–Kier alpha value is -2.01. The van der Waals surface area contributed by atoms with Gasteiger partial charge >= 0.3 is 0 Å². The van der Waals surface area contributed by atoms with Crippen molar-refractivity contribution in [3.63, 3.8) is 0 Å². The van der Waals surface area contributed by atoms with E-state index in [2.05, 4.69) is 40.8 Å². The molecule has 0 amide bonds. The molecule has 138 valence electrons. The van der Waals surface area contributed by atoms with E-state index in [1.54, 1.807) is 5.56 Å². The number of hydrazine groups is 1. The van der Waals surface area contributed by atoms with Crippen molar-refractivity contribution in [2.24, 2.45) is 5.84 Å².